The highest BCUT2D eigenvalue weighted by Crippen LogP contribution is 2.04. The van der Waals surface area contributed by atoms with Crippen molar-refractivity contribution in [3.63, 3.8) is 0 Å². The lowest BCUT2D eigenvalue weighted by Crippen LogP contribution is -2.04. The van der Waals surface area contributed by atoms with Crippen molar-refractivity contribution in [1.29, 1.82) is 0 Å². The van der Waals surface area contributed by atoms with Crippen molar-refractivity contribution in [3.8, 4) is 0 Å². The highest BCUT2D eigenvalue weighted by Gasteiger charge is 1.93. The van der Waals surface area contributed by atoms with Crippen LogP contribution < -0.4 is 11.1 Å². The number of unbranched alkanes of at least 4 members (excludes halogenated alkanes) is 3. The van der Waals surface area contributed by atoms with Gasteiger partial charge in [-0.05, 0) is 18.6 Å². The first-order chi connectivity index (χ1) is 6.83. The minimum Gasteiger partial charge on any atom is -0.382 e. The third kappa shape index (κ3) is 4.07. The van der Waals surface area contributed by atoms with E-state index in [4.69, 9.17) is 5.73 Å². The Bertz CT molecular complexity index is 245. The van der Waals surface area contributed by atoms with Gasteiger partial charge in [-0.25, -0.2) is 0 Å². The highest BCUT2D eigenvalue weighted by molar-refractivity contribution is 5.38. The van der Waals surface area contributed by atoms with Crippen LogP contribution in [0.25, 0.3) is 0 Å². The lowest BCUT2D eigenvalue weighted by molar-refractivity contribution is 0.684. The Morgan fingerprint density at radius 2 is 2.07 bits per heavy atom. The SMILES string of the molecule is CCCCCCNc1ccc(N)nn1. The zero-order chi connectivity index (χ0) is 10.2. The van der Waals surface area contributed by atoms with Crippen LogP contribution >= 0.6 is 0 Å². The van der Waals surface area contributed by atoms with E-state index in [1.165, 1.54) is 25.7 Å². The quantitative estimate of drug-likeness (QED) is 0.680. The zero-order valence-electron chi connectivity index (χ0n) is 8.66. The van der Waals surface area contributed by atoms with Crippen LogP contribution in [-0.2, 0) is 0 Å². The zero-order valence-corrected chi connectivity index (χ0v) is 8.66. The van der Waals surface area contributed by atoms with Gasteiger partial charge in [-0.1, -0.05) is 26.2 Å². The molecule has 0 amide bonds. The summed E-state index contributed by atoms with van der Waals surface area (Å²) in [5, 5.41) is 10.9. The first-order valence-corrected chi connectivity index (χ1v) is 5.16. The summed E-state index contributed by atoms with van der Waals surface area (Å²) in [5.74, 6) is 1.26. The van der Waals surface area contributed by atoms with Gasteiger partial charge in [-0.15, -0.1) is 10.2 Å². The van der Waals surface area contributed by atoms with Crippen molar-refractivity contribution < 1.29 is 0 Å². The summed E-state index contributed by atoms with van der Waals surface area (Å²) >= 11 is 0. The van der Waals surface area contributed by atoms with Gasteiger partial charge < -0.3 is 11.1 Å². The predicted molar refractivity (Wildman–Crippen MR) is 59.1 cm³/mol. The molecular weight excluding hydrogens is 176 g/mol. The van der Waals surface area contributed by atoms with E-state index in [1.807, 2.05) is 6.07 Å². The summed E-state index contributed by atoms with van der Waals surface area (Å²) in [4.78, 5) is 0. The number of rotatable bonds is 6. The molecule has 14 heavy (non-hydrogen) atoms. The van der Waals surface area contributed by atoms with Crippen LogP contribution in [0, 0.1) is 0 Å². The van der Waals surface area contributed by atoms with E-state index >= 15 is 0 Å². The normalized spacial score (nSPS) is 10.1. The standard InChI is InChI=1S/C10H18N4/c1-2-3-4-5-8-12-10-7-6-9(11)13-14-10/h6-7H,2-5,8H2,1H3,(H2,11,13)(H,12,14). The van der Waals surface area contributed by atoms with E-state index in [9.17, 15) is 0 Å². The molecule has 4 heteroatoms. The lowest BCUT2D eigenvalue weighted by Gasteiger charge is -2.03. The fraction of sp³-hybridized carbons (Fsp3) is 0.600. The summed E-state index contributed by atoms with van der Waals surface area (Å²) in [6.45, 7) is 3.16. The molecule has 0 unspecified atom stereocenters. The first kappa shape index (κ1) is 10.8. The molecule has 4 nitrogen and oxygen atoms in total. The van der Waals surface area contributed by atoms with Crippen LogP contribution in [0.2, 0.25) is 0 Å². The molecule has 0 bridgehead atoms. The highest BCUT2D eigenvalue weighted by atomic mass is 15.2. The Labute approximate surface area is 84.9 Å². The summed E-state index contributed by atoms with van der Waals surface area (Å²) in [5.41, 5.74) is 5.42. The molecular formula is C10H18N4. The van der Waals surface area contributed by atoms with Crippen LogP contribution in [0.5, 0.6) is 0 Å². The molecule has 0 spiro atoms. The van der Waals surface area contributed by atoms with E-state index in [1.54, 1.807) is 6.07 Å². The van der Waals surface area contributed by atoms with Gasteiger partial charge in [0.15, 0.2) is 0 Å². The van der Waals surface area contributed by atoms with Gasteiger partial charge in [0.25, 0.3) is 0 Å². The molecule has 0 aliphatic carbocycles. The summed E-state index contributed by atoms with van der Waals surface area (Å²) in [6, 6.07) is 3.60. The summed E-state index contributed by atoms with van der Waals surface area (Å²) in [6.07, 6.45) is 5.02. The van der Waals surface area contributed by atoms with E-state index in [0.717, 1.165) is 12.4 Å². The summed E-state index contributed by atoms with van der Waals surface area (Å²) < 4.78 is 0. The molecule has 1 rings (SSSR count). The van der Waals surface area contributed by atoms with Gasteiger partial charge >= 0.3 is 0 Å². The predicted octanol–water partition coefficient (Wildman–Crippen LogP) is 2.05. The smallest absolute Gasteiger partial charge is 0.148 e. The van der Waals surface area contributed by atoms with Crippen molar-refractivity contribution in [1.82, 2.24) is 10.2 Å². The number of nitrogens with one attached hydrogen (secondary N) is 1. The Hall–Kier alpha value is -1.32. The second-order valence-electron chi connectivity index (χ2n) is 3.33. The molecule has 1 aromatic heterocycles. The number of nitrogens with two attached hydrogens (primary N) is 1. The van der Waals surface area contributed by atoms with Crippen molar-refractivity contribution >= 4 is 11.6 Å². The number of anilines is 2. The number of aromatic nitrogens is 2. The molecule has 0 aliphatic heterocycles. The average molecular weight is 194 g/mol. The number of nitrogens with zero attached hydrogens (tertiary/aromatic N) is 2. The molecule has 1 aromatic rings. The summed E-state index contributed by atoms with van der Waals surface area (Å²) in [7, 11) is 0. The fourth-order valence-corrected chi connectivity index (χ4v) is 1.21. The molecule has 1 heterocycles. The maximum absolute atomic E-state index is 5.42. The minimum absolute atomic E-state index is 0.460. The van der Waals surface area contributed by atoms with E-state index < -0.39 is 0 Å². The minimum atomic E-state index is 0.460. The van der Waals surface area contributed by atoms with E-state index in [-0.39, 0.29) is 0 Å². The van der Waals surface area contributed by atoms with Crippen molar-refractivity contribution in [2.75, 3.05) is 17.6 Å². The van der Waals surface area contributed by atoms with Gasteiger partial charge in [0.1, 0.15) is 11.6 Å². The molecule has 0 saturated heterocycles. The second kappa shape index (κ2) is 6.18. The van der Waals surface area contributed by atoms with E-state index in [0.29, 0.717) is 5.82 Å². The third-order valence-electron chi connectivity index (χ3n) is 2.02. The molecule has 0 saturated carbocycles. The van der Waals surface area contributed by atoms with Gasteiger partial charge in [0.2, 0.25) is 0 Å². The third-order valence-corrected chi connectivity index (χ3v) is 2.02. The molecule has 0 aromatic carbocycles. The Morgan fingerprint density at radius 3 is 2.71 bits per heavy atom. The van der Waals surface area contributed by atoms with Crippen LogP contribution in [0.3, 0.4) is 0 Å². The van der Waals surface area contributed by atoms with Crippen molar-refractivity contribution in [2.24, 2.45) is 0 Å². The Kier molecular flexibility index (Phi) is 4.75. The largest absolute Gasteiger partial charge is 0.382 e. The second-order valence-corrected chi connectivity index (χ2v) is 3.33. The van der Waals surface area contributed by atoms with Gasteiger partial charge in [0.05, 0.1) is 0 Å². The monoisotopic (exact) mass is 194 g/mol. The molecule has 0 fully saturated rings. The molecule has 0 atom stereocenters. The van der Waals surface area contributed by atoms with Gasteiger partial charge in [-0.2, -0.15) is 0 Å². The first-order valence-electron chi connectivity index (χ1n) is 5.16. The van der Waals surface area contributed by atoms with Crippen LogP contribution in [-0.4, -0.2) is 16.7 Å². The van der Waals surface area contributed by atoms with Gasteiger partial charge in [0, 0.05) is 6.54 Å². The maximum atomic E-state index is 5.42. The van der Waals surface area contributed by atoms with Crippen LogP contribution in [0.1, 0.15) is 32.6 Å². The van der Waals surface area contributed by atoms with E-state index in [2.05, 4.69) is 22.4 Å². The maximum Gasteiger partial charge on any atom is 0.148 e. The molecule has 0 radical (unpaired) electrons. The molecule has 78 valence electrons. The van der Waals surface area contributed by atoms with Crippen molar-refractivity contribution in [2.45, 2.75) is 32.6 Å². The number of hydrogen-bond donors (Lipinski definition) is 2. The van der Waals surface area contributed by atoms with Crippen molar-refractivity contribution in [3.05, 3.63) is 12.1 Å². The topological polar surface area (TPSA) is 63.8 Å². The average Bonchev–Trinajstić information content (AvgIpc) is 2.21. The number of nitrogen functional groups attached to an aromatic ring is 1. The lowest BCUT2D eigenvalue weighted by atomic mass is 10.2. The van der Waals surface area contributed by atoms with Gasteiger partial charge in [-0.3, -0.25) is 0 Å². The Morgan fingerprint density at radius 1 is 1.21 bits per heavy atom. The van der Waals surface area contributed by atoms with Crippen LogP contribution in [0.15, 0.2) is 12.1 Å². The number of hydrogen-bond acceptors (Lipinski definition) is 4. The molecule has 3 N–H and O–H groups in total. The van der Waals surface area contributed by atoms with Crippen LogP contribution in [0.4, 0.5) is 11.6 Å². The Balaban J connectivity index is 2.15. The fourth-order valence-electron chi connectivity index (χ4n) is 1.21. The molecule has 0 aliphatic rings.